The van der Waals surface area contributed by atoms with Gasteiger partial charge in [-0.05, 0) is 47.1 Å². The fourth-order valence-corrected chi connectivity index (χ4v) is 2.29. The third-order valence-corrected chi connectivity index (χ3v) is 3.46. The molecule has 19 heavy (non-hydrogen) atoms. The number of nitrogens with one attached hydrogen (secondary N) is 1. The summed E-state index contributed by atoms with van der Waals surface area (Å²) in [5, 5.41) is 21.8. The van der Waals surface area contributed by atoms with Crippen molar-refractivity contribution >= 4 is 21.6 Å². The molecule has 4 heteroatoms. The van der Waals surface area contributed by atoms with Crippen LogP contribution in [-0.4, -0.2) is 5.11 Å². The average Bonchev–Trinajstić information content (AvgIpc) is 2.40. The van der Waals surface area contributed by atoms with Crippen molar-refractivity contribution in [2.75, 3.05) is 5.32 Å². The van der Waals surface area contributed by atoms with Crippen molar-refractivity contribution in [2.45, 2.75) is 13.5 Å². The standard InChI is InChI=1S/C15H13BrN2O/c1-10-2-5-15(19)12(6-10)9-18-14-4-3-11(8-17)7-13(14)16/h2-7,18-19H,9H2,1H3. The molecule has 0 spiro atoms. The van der Waals surface area contributed by atoms with Crippen LogP contribution in [0, 0.1) is 18.3 Å². The summed E-state index contributed by atoms with van der Waals surface area (Å²) in [6.45, 7) is 2.51. The first-order valence-electron chi connectivity index (χ1n) is 5.82. The summed E-state index contributed by atoms with van der Waals surface area (Å²) >= 11 is 3.42. The van der Waals surface area contributed by atoms with Crippen molar-refractivity contribution in [1.29, 1.82) is 5.26 Å². The summed E-state index contributed by atoms with van der Waals surface area (Å²) in [5.41, 5.74) is 3.44. The van der Waals surface area contributed by atoms with Gasteiger partial charge in [0.15, 0.2) is 0 Å². The van der Waals surface area contributed by atoms with E-state index in [-0.39, 0.29) is 5.75 Å². The lowest BCUT2D eigenvalue weighted by Gasteiger charge is -2.10. The van der Waals surface area contributed by atoms with Crippen LogP contribution in [0.15, 0.2) is 40.9 Å². The van der Waals surface area contributed by atoms with Crippen molar-refractivity contribution < 1.29 is 5.11 Å². The number of aromatic hydroxyl groups is 1. The molecule has 2 rings (SSSR count). The van der Waals surface area contributed by atoms with Crippen molar-refractivity contribution in [3.63, 3.8) is 0 Å². The van der Waals surface area contributed by atoms with E-state index in [1.54, 1.807) is 18.2 Å². The number of nitriles is 1. The van der Waals surface area contributed by atoms with Gasteiger partial charge in [-0.3, -0.25) is 0 Å². The molecule has 0 unspecified atom stereocenters. The summed E-state index contributed by atoms with van der Waals surface area (Å²) in [6, 6.07) is 13.0. The second kappa shape index (κ2) is 5.77. The third kappa shape index (κ3) is 3.27. The average molecular weight is 317 g/mol. The number of nitrogens with zero attached hydrogens (tertiary/aromatic N) is 1. The summed E-state index contributed by atoms with van der Waals surface area (Å²) in [6.07, 6.45) is 0. The van der Waals surface area contributed by atoms with E-state index < -0.39 is 0 Å². The molecule has 2 aromatic rings. The molecule has 0 saturated heterocycles. The highest BCUT2D eigenvalue weighted by Crippen LogP contribution is 2.25. The number of benzene rings is 2. The Morgan fingerprint density at radius 1 is 1.26 bits per heavy atom. The Morgan fingerprint density at radius 2 is 2.05 bits per heavy atom. The predicted molar refractivity (Wildman–Crippen MR) is 79.0 cm³/mol. The van der Waals surface area contributed by atoms with Gasteiger partial charge >= 0.3 is 0 Å². The van der Waals surface area contributed by atoms with Crippen molar-refractivity contribution in [2.24, 2.45) is 0 Å². The van der Waals surface area contributed by atoms with Gasteiger partial charge in [0, 0.05) is 22.3 Å². The van der Waals surface area contributed by atoms with Gasteiger partial charge in [0.25, 0.3) is 0 Å². The highest BCUT2D eigenvalue weighted by Gasteiger charge is 2.04. The van der Waals surface area contributed by atoms with Crippen LogP contribution in [0.25, 0.3) is 0 Å². The Morgan fingerprint density at radius 3 is 2.74 bits per heavy atom. The minimum atomic E-state index is 0.280. The molecule has 0 aliphatic rings. The number of anilines is 1. The van der Waals surface area contributed by atoms with Gasteiger partial charge in [0.2, 0.25) is 0 Å². The van der Waals surface area contributed by atoms with Gasteiger partial charge < -0.3 is 10.4 Å². The first-order chi connectivity index (χ1) is 9.10. The van der Waals surface area contributed by atoms with Crippen molar-refractivity contribution in [3.8, 4) is 11.8 Å². The predicted octanol–water partition coefficient (Wildman–Crippen LogP) is 3.95. The first kappa shape index (κ1) is 13.4. The van der Waals surface area contributed by atoms with Crippen LogP contribution in [0.1, 0.15) is 16.7 Å². The van der Waals surface area contributed by atoms with E-state index in [9.17, 15) is 5.11 Å². The molecular formula is C15H13BrN2O. The number of halogens is 1. The van der Waals surface area contributed by atoms with Crippen LogP contribution in [0.3, 0.4) is 0 Å². The monoisotopic (exact) mass is 316 g/mol. The zero-order chi connectivity index (χ0) is 13.8. The molecule has 0 bridgehead atoms. The molecule has 0 amide bonds. The van der Waals surface area contributed by atoms with Gasteiger partial charge in [-0.1, -0.05) is 17.7 Å². The first-order valence-corrected chi connectivity index (χ1v) is 6.61. The number of aryl methyl sites for hydroxylation is 1. The van der Waals surface area contributed by atoms with Crippen LogP contribution in [-0.2, 0) is 6.54 Å². The highest BCUT2D eigenvalue weighted by molar-refractivity contribution is 9.10. The second-order valence-corrected chi connectivity index (χ2v) is 5.15. The Labute approximate surface area is 120 Å². The number of phenolic OH excluding ortho intramolecular Hbond substituents is 1. The third-order valence-electron chi connectivity index (χ3n) is 2.80. The van der Waals surface area contributed by atoms with E-state index >= 15 is 0 Å². The molecule has 96 valence electrons. The van der Waals surface area contributed by atoms with E-state index in [4.69, 9.17) is 5.26 Å². The molecule has 3 nitrogen and oxygen atoms in total. The lowest BCUT2D eigenvalue weighted by Crippen LogP contribution is -2.01. The zero-order valence-electron chi connectivity index (χ0n) is 10.4. The maximum atomic E-state index is 9.77. The van der Waals surface area contributed by atoms with E-state index in [2.05, 4.69) is 27.3 Å². The van der Waals surface area contributed by atoms with Gasteiger partial charge in [-0.2, -0.15) is 5.26 Å². The van der Waals surface area contributed by atoms with Crippen LogP contribution in [0.4, 0.5) is 5.69 Å². The number of rotatable bonds is 3. The summed E-state index contributed by atoms with van der Waals surface area (Å²) in [5.74, 6) is 0.280. The van der Waals surface area contributed by atoms with Crippen molar-refractivity contribution in [1.82, 2.24) is 0 Å². The van der Waals surface area contributed by atoms with Gasteiger partial charge in [-0.25, -0.2) is 0 Å². The highest BCUT2D eigenvalue weighted by atomic mass is 79.9. The minimum Gasteiger partial charge on any atom is -0.508 e. The molecule has 0 aliphatic carbocycles. The summed E-state index contributed by atoms with van der Waals surface area (Å²) in [4.78, 5) is 0. The van der Waals surface area contributed by atoms with E-state index in [1.165, 1.54) is 0 Å². The summed E-state index contributed by atoms with van der Waals surface area (Å²) < 4.78 is 0.832. The lowest BCUT2D eigenvalue weighted by molar-refractivity contribution is 0.469. The number of hydrogen-bond acceptors (Lipinski definition) is 3. The molecule has 2 N–H and O–H groups in total. The number of hydrogen-bond donors (Lipinski definition) is 2. The molecule has 2 aromatic carbocycles. The normalized spacial score (nSPS) is 9.95. The molecule has 0 atom stereocenters. The second-order valence-electron chi connectivity index (χ2n) is 4.29. The number of phenols is 1. The molecular weight excluding hydrogens is 304 g/mol. The maximum Gasteiger partial charge on any atom is 0.120 e. The topological polar surface area (TPSA) is 56.0 Å². The molecule has 0 saturated carbocycles. The van der Waals surface area contributed by atoms with Crippen molar-refractivity contribution in [3.05, 3.63) is 57.6 Å². The largest absolute Gasteiger partial charge is 0.508 e. The Hall–Kier alpha value is -1.99. The quantitative estimate of drug-likeness (QED) is 0.901. The van der Waals surface area contributed by atoms with E-state index in [0.717, 1.165) is 21.3 Å². The Kier molecular flexibility index (Phi) is 4.08. The summed E-state index contributed by atoms with van der Waals surface area (Å²) in [7, 11) is 0. The zero-order valence-corrected chi connectivity index (χ0v) is 12.0. The maximum absolute atomic E-state index is 9.77. The SMILES string of the molecule is Cc1ccc(O)c(CNc2ccc(C#N)cc2Br)c1. The van der Waals surface area contributed by atoms with Gasteiger partial charge in [-0.15, -0.1) is 0 Å². The van der Waals surface area contributed by atoms with Crippen LogP contribution >= 0.6 is 15.9 Å². The van der Waals surface area contributed by atoms with Crippen LogP contribution in [0.2, 0.25) is 0 Å². The smallest absolute Gasteiger partial charge is 0.120 e. The lowest BCUT2D eigenvalue weighted by atomic mass is 10.1. The fraction of sp³-hybridized carbons (Fsp3) is 0.133. The minimum absolute atomic E-state index is 0.280. The molecule has 0 aromatic heterocycles. The fourth-order valence-electron chi connectivity index (χ4n) is 1.77. The molecule has 0 heterocycles. The van der Waals surface area contributed by atoms with Crippen LogP contribution in [0.5, 0.6) is 5.75 Å². The van der Waals surface area contributed by atoms with E-state index in [1.807, 2.05) is 25.1 Å². The Balaban J connectivity index is 2.15. The Bertz CT molecular complexity index is 647. The van der Waals surface area contributed by atoms with Gasteiger partial charge in [0.05, 0.1) is 11.6 Å². The molecule has 0 aliphatic heterocycles. The van der Waals surface area contributed by atoms with E-state index in [0.29, 0.717) is 12.1 Å². The van der Waals surface area contributed by atoms with Gasteiger partial charge in [0.1, 0.15) is 5.75 Å². The molecule has 0 radical (unpaired) electrons. The molecule has 0 fully saturated rings. The van der Waals surface area contributed by atoms with Crippen LogP contribution < -0.4 is 5.32 Å².